The molecule has 130 valence electrons. The van der Waals surface area contributed by atoms with Crippen LogP contribution in [0.2, 0.25) is 0 Å². The van der Waals surface area contributed by atoms with E-state index in [4.69, 9.17) is 19.6 Å². The van der Waals surface area contributed by atoms with E-state index in [1.807, 2.05) is 0 Å². The molecule has 0 radical (unpaired) electrons. The Morgan fingerprint density at radius 2 is 2.28 bits per heavy atom. The van der Waals surface area contributed by atoms with E-state index >= 15 is 0 Å². The number of ether oxygens (including phenoxy) is 2. The SMILES string of the molecule is Nc1nc2c(s1)[C@@H]1COC[C@H](C2)N1c1nc2cc(OCF)ccc2o1. The lowest BCUT2D eigenvalue weighted by atomic mass is 9.97. The van der Waals surface area contributed by atoms with E-state index in [0.717, 1.165) is 17.0 Å². The number of hydrogen-bond donors (Lipinski definition) is 1. The summed E-state index contributed by atoms with van der Waals surface area (Å²) in [5.41, 5.74) is 8.21. The van der Waals surface area contributed by atoms with Gasteiger partial charge in [-0.3, -0.25) is 0 Å². The molecule has 2 aliphatic rings. The highest BCUT2D eigenvalue weighted by molar-refractivity contribution is 7.15. The molecule has 1 saturated heterocycles. The number of nitrogens with zero attached hydrogens (tertiary/aromatic N) is 3. The molecule has 1 aromatic carbocycles. The normalized spacial score (nSPS) is 22.2. The largest absolute Gasteiger partial charge is 0.463 e. The number of fused-ring (bicyclic) bond motifs is 5. The van der Waals surface area contributed by atoms with Crippen molar-refractivity contribution in [3.8, 4) is 5.75 Å². The first-order valence-electron chi connectivity index (χ1n) is 7.93. The number of aromatic nitrogens is 2. The van der Waals surface area contributed by atoms with Crippen LogP contribution in [0.4, 0.5) is 15.5 Å². The van der Waals surface area contributed by atoms with Gasteiger partial charge in [0.1, 0.15) is 11.3 Å². The fraction of sp³-hybridized carbons (Fsp3) is 0.375. The van der Waals surface area contributed by atoms with Gasteiger partial charge in [-0.25, -0.2) is 9.37 Å². The first kappa shape index (κ1) is 14.9. The summed E-state index contributed by atoms with van der Waals surface area (Å²) >= 11 is 1.49. The van der Waals surface area contributed by atoms with Crippen molar-refractivity contribution in [2.75, 3.05) is 30.7 Å². The van der Waals surface area contributed by atoms with Crippen LogP contribution >= 0.6 is 11.3 Å². The quantitative estimate of drug-likeness (QED) is 0.766. The van der Waals surface area contributed by atoms with Gasteiger partial charge in [0.2, 0.25) is 6.86 Å². The van der Waals surface area contributed by atoms with E-state index in [-0.39, 0.29) is 12.1 Å². The van der Waals surface area contributed by atoms with Crippen LogP contribution in [0.3, 0.4) is 0 Å². The number of thiazole rings is 1. The molecule has 2 aromatic heterocycles. The Kier molecular flexibility index (Phi) is 3.32. The van der Waals surface area contributed by atoms with Crippen molar-refractivity contribution >= 4 is 33.6 Å². The molecule has 7 nitrogen and oxygen atoms in total. The third-order valence-electron chi connectivity index (χ3n) is 4.58. The first-order chi connectivity index (χ1) is 12.2. The summed E-state index contributed by atoms with van der Waals surface area (Å²) in [5.74, 6) is 0.425. The van der Waals surface area contributed by atoms with Crippen molar-refractivity contribution < 1.29 is 18.3 Å². The number of hydrogen-bond acceptors (Lipinski definition) is 8. The monoisotopic (exact) mass is 362 g/mol. The molecule has 0 unspecified atom stereocenters. The Hall–Kier alpha value is -2.39. The second kappa shape index (κ2) is 5.57. The third kappa shape index (κ3) is 2.34. The van der Waals surface area contributed by atoms with Crippen molar-refractivity contribution in [1.29, 1.82) is 0 Å². The Bertz CT molecular complexity index is 943. The smallest absolute Gasteiger partial charge is 0.299 e. The number of benzene rings is 1. The molecule has 0 aliphatic carbocycles. The van der Waals surface area contributed by atoms with Gasteiger partial charge in [0.15, 0.2) is 10.7 Å². The van der Waals surface area contributed by atoms with E-state index in [9.17, 15) is 4.39 Å². The number of nitrogens with two attached hydrogens (primary N) is 1. The second-order valence-electron chi connectivity index (χ2n) is 6.06. The molecule has 5 rings (SSSR count). The van der Waals surface area contributed by atoms with Gasteiger partial charge in [0, 0.05) is 12.5 Å². The van der Waals surface area contributed by atoms with Crippen LogP contribution in [0.15, 0.2) is 22.6 Å². The lowest BCUT2D eigenvalue weighted by Crippen LogP contribution is -2.51. The van der Waals surface area contributed by atoms with Crippen molar-refractivity contribution in [3.05, 3.63) is 28.8 Å². The number of alkyl halides is 1. The van der Waals surface area contributed by atoms with Crippen LogP contribution in [0, 0.1) is 0 Å². The lowest BCUT2D eigenvalue weighted by Gasteiger charge is -2.43. The summed E-state index contributed by atoms with van der Waals surface area (Å²) < 4.78 is 29.0. The maximum absolute atomic E-state index is 12.4. The van der Waals surface area contributed by atoms with Gasteiger partial charge < -0.3 is 24.5 Å². The summed E-state index contributed by atoms with van der Waals surface area (Å²) in [4.78, 5) is 12.3. The lowest BCUT2D eigenvalue weighted by molar-refractivity contribution is 0.0579. The highest BCUT2D eigenvalue weighted by Crippen LogP contribution is 2.43. The van der Waals surface area contributed by atoms with Gasteiger partial charge in [-0.15, -0.1) is 0 Å². The van der Waals surface area contributed by atoms with Gasteiger partial charge >= 0.3 is 0 Å². The minimum atomic E-state index is -0.876. The fourth-order valence-corrected chi connectivity index (χ4v) is 4.50. The zero-order valence-electron chi connectivity index (χ0n) is 13.1. The van der Waals surface area contributed by atoms with Crippen LogP contribution in [-0.2, 0) is 11.2 Å². The summed E-state index contributed by atoms with van der Waals surface area (Å²) in [6, 6.07) is 5.70. The van der Waals surface area contributed by atoms with Crippen molar-refractivity contribution in [1.82, 2.24) is 9.97 Å². The van der Waals surface area contributed by atoms with Crippen LogP contribution < -0.4 is 15.4 Å². The summed E-state index contributed by atoms with van der Waals surface area (Å²) in [7, 11) is 0. The Morgan fingerprint density at radius 1 is 1.36 bits per heavy atom. The van der Waals surface area contributed by atoms with Crippen LogP contribution in [-0.4, -0.2) is 36.1 Å². The predicted octanol–water partition coefficient (Wildman–Crippen LogP) is 2.67. The molecular formula is C16H15FN4O3S. The number of halogens is 1. The van der Waals surface area contributed by atoms with Crippen molar-refractivity contribution in [3.63, 3.8) is 0 Å². The molecule has 2 aliphatic heterocycles. The molecule has 1 fully saturated rings. The number of oxazole rings is 1. The highest BCUT2D eigenvalue weighted by Gasteiger charge is 2.42. The molecule has 25 heavy (non-hydrogen) atoms. The summed E-state index contributed by atoms with van der Waals surface area (Å²) in [6.45, 7) is 0.252. The van der Waals surface area contributed by atoms with E-state index in [1.54, 1.807) is 18.2 Å². The molecule has 2 bridgehead atoms. The number of morpholine rings is 1. The standard InChI is InChI=1S/C16H15FN4O3S/c17-7-23-9-1-2-13-10(4-9)20-16(24-13)21-8-3-11-14(25-15(18)19-11)12(21)6-22-5-8/h1-2,4,8,12H,3,5-7H2,(H2,18,19)/t8-,12-/m0/s1. The van der Waals surface area contributed by atoms with Gasteiger partial charge in [0.05, 0.1) is 35.9 Å². The molecule has 3 aromatic rings. The molecule has 0 spiro atoms. The Morgan fingerprint density at radius 3 is 3.16 bits per heavy atom. The molecular weight excluding hydrogens is 347 g/mol. The van der Waals surface area contributed by atoms with Gasteiger partial charge in [-0.2, -0.15) is 4.98 Å². The Labute approximate surface area is 146 Å². The molecule has 2 atom stereocenters. The minimum absolute atomic E-state index is 0.00748. The Balaban J connectivity index is 1.57. The first-order valence-corrected chi connectivity index (χ1v) is 8.75. The zero-order valence-corrected chi connectivity index (χ0v) is 14.0. The van der Waals surface area contributed by atoms with Crippen molar-refractivity contribution in [2.45, 2.75) is 18.5 Å². The number of rotatable bonds is 3. The average Bonchev–Trinajstić information content (AvgIpc) is 3.17. The molecule has 0 amide bonds. The van der Waals surface area contributed by atoms with Crippen LogP contribution in [0.25, 0.3) is 11.1 Å². The predicted molar refractivity (Wildman–Crippen MR) is 90.7 cm³/mol. The number of anilines is 2. The maximum Gasteiger partial charge on any atom is 0.299 e. The number of nitrogen functional groups attached to an aromatic ring is 1. The van der Waals surface area contributed by atoms with E-state index in [0.29, 0.717) is 41.2 Å². The van der Waals surface area contributed by atoms with E-state index in [2.05, 4.69) is 14.9 Å². The molecule has 0 saturated carbocycles. The van der Waals surface area contributed by atoms with Crippen molar-refractivity contribution in [2.24, 2.45) is 0 Å². The van der Waals surface area contributed by atoms with Gasteiger partial charge in [0.25, 0.3) is 6.01 Å². The van der Waals surface area contributed by atoms with Crippen LogP contribution in [0.5, 0.6) is 5.75 Å². The summed E-state index contributed by atoms with van der Waals surface area (Å²) in [6.07, 6.45) is 0.745. The average molecular weight is 362 g/mol. The van der Waals surface area contributed by atoms with E-state index in [1.165, 1.54) is 11.3 Å². The summed E-state index contributed by atoms with van der Waals surface area (Å²) in [5, 5.41) is 0.572. The highest BCUT2D eigenvalue weighted by atomic mass is 32.1. The van der Waals surface area contributed by atoms with E-state index < -0.39 is 6.86 Å². The molecule has 2 N–H and O–H groups in total. The van der Waals surface area contributed by atoms with Crippen LogP contribution in [0.1, 0.15) is 16.6 Å². The zero-order chi connectivity index (χ0) is 17.0. The minimum Gasteiger partial charge on any atom is -0.463 e. The fourth-order valence-electron chi connectivity index (χ4n) is 3.55. The molecule has 9 heteroatoms. The van der Waals surface area contributed by atoms with Gasteiger partial charge in [-0.1, -0.05) is 11.3 Å². The second-order valence-corrected chi connectivity index (χ2v) is 7.12. The van der Waals surface area contributed by atoms with Gasteiger partial charge in [-0.05, 0) is 12.1 Å². The maximum atomic E-state index is 12.4. The molecule has 4 heterocycles. The topological polar surface area (TPSA) is 86.6 Å². The third-order valence-corrected chi connectivity index (χ3v) is 5.61.